The third-order valence-electron chi connectivity index (χ3n) is 3.80. The highest BCUT2D eigenvalue weighted by atomic mass is 32.2. The Balaban J connectivity index is 1.73. The molecule has 0 radical (unpaired) electrons. The zero-order valence-corrected chi connectivity index (χ0v) is 15.8. The summed E-state index contributed by atoms with van der Waals surface area (Å²) < 4.78 is 27.5. The normalized spacial score (nSPS) is 10.8. The molecule has 3 rings (SSSR count). The highest BCUT2D eigenvalue weighted by molar-refractivity contribution is 7.92. The van der Waals surface area contributed by atoms with Gasteiger partial charge in [-0.25, -0.2) is 18.0 Å². The molecule has 0 heterocycles. The fourth-order valence-corrected chi connectivity index (χ4v) is 3.58. The van der Waals surface area contributed by atoms with Crippen LogP contribution in [0.1, 0.15) is 10.4 Å². The molecule has 3 aromatic rings. The van der Waals surface area contributed by atoms with Gasteiger partial charge in [0.2, 0.25) is 0 Å². The van der Waals surface area contributed by atoms with E-state index < -0.39 is 22.0 Å². The molecule has 8 nitrogen and oxygen atoms in total. The molecule has 0 saturated heterocycles. The van der Waals surface area contributed by atoms with Crippen LogP contribution in [0.25, 0.3) is 0 Å². The van der Waals surface area contributed by atoms with Gasteiger partial charge < -0.3 is 15.7 Å². The van der Waals surface area contributed by atoms with Crippen molar-refractivity contribution in [1.82, 2.24) is 0 Å². The van der Waals surface area contributed by atoms with Crippen molar-refractivity contribution in [3.63, 3.8) is 0 Å². The Labute approximate surface area is 167 Å². The molecule has 4 N–H and O–H groups in total. The van der Waals surface area contributed by atoms with Crippen LogP contribution in [0.2, 0.25) is 0 Å². The van der Waals surface area contributed by atoms with E-state index in [2.05, 4.69) is 15.4 Å². The van der Waals surface area contributed by atoms with Crippen LogP contribution in [0.5, 0.6) is 0 Å². The number of amides is 2. The number of rotatable bonds is 6. The number of hydrogen-bond acceptors (Lipinski definition) is 4. The Morgan fingerprint density at radius 3 is 2.07 bits per heavy atom. The van der Waals surface area contributed by atoms with Crippen molar-refractivity contribution in [2.45, 2.75) is 4.90 Å². The van der Waals surface area contributed by atoms with E-state index in [4.69, 9.17) is 5.11 Å². The lowest BCUT2D eigenvalue weighted by molar-refractivity contribution is 0.0696. The fraction of sp³-hybridized carbons (Fsp3) is 0. The molecule has 2 amide bonds. The average Bonchev–Trinajstić information content (AvgIpc) is 2.68. The third-order valence-corrected chi connectivity index (χ3v) is 5.17. The minimum absolute atomic E-state index is 0.138. The molecule has 29 heavy (non-hydrogen) atoms. The van der Waals surface area contributed by atoms with Crippen LogP contribution in [0.4, 0.5) is 21.9 Å². The Kier molecular flexibility index (Phi) is 5.79. The van der Waals surface area contributed by atoms with Crippen LogP contribution in [-0.2, 0) is 10.0 Å². The summed E-state index contributed by atoms with van der Waals surface area (Å²) in [4.78, 5) is 23.0. The van der Waals surface area contributed by atoms with E-state index in [1.54, 1.807) is 36.4 Å². The molecule has 3 aromatic carbocycles. The lowest BCUT2D eigenvalue weighted by atomic mass is 10.2. The first kappa shape index (κ1) is 19.9. The van der Waals surface area contributed by atoms with Gasteiger partial charge in [-0.1, -0.05) is 30.3 Å². The molecule has 0 atom stereocenters. The standard InChI is InChI=1S/C20H17N3O5S/c24-19(25)14-6-4-11-18(12-14)29(27,28)23-17-10-5-9-16(13-17)22-20(26)21-15-7-2-1-3-8-15/h1-13,23H,(H,24,25)(H2,21,22,26). The lowest BCUT2D eigenvalue weighted by Gasteiger charge is -2.11. The topological polar surface area (TPSA) is 125 Å². The molecule has 0 fully saturated rings. The number of para-hydroxylation sites is 1. The van der Waals surface area contributed by atoms with Crippen LogP contribution in [-0.4, -0.2) is 25.5 Å². The van der Waals surface area contributed by atoms with Gasteiger partial charge in [-0.05, 0) is 48.5 Å². The first-order chi connectivity index (χ1) is 13.8. The first-order valence-electron chi connectivity index (χ1n) is 8.43. The number of benzene rings is 3. The maximum Gasteiger partial charge on any atom is 0.335 e. The van der Waals surface area contributed by atoms with Crippen molar-refractivity contribution in [1.29, 1.82) is 0 Å². The molecule has 0 spiro atoms. The Bertz CT molecular complexity index is 1150. The maximum absolute atomic E-state index is 12.5. The molecular weight excluding hydrogens is 394 g/mol. The Morgan fingerprint density at radius 1 is 0.724 bits per heavy atom. The summed E-state index contributed by atoms with van der Waals surface area (Å²) in [5, 5.41) is 14.3. The first-order valence-corrected chi connectivity index (χ1v) is 9.91. The zero-order chi connectivity index (χ0) is 20.9. The summed E-state index contributed by atoms with van der Waals surface area (Å²) in [7, 11) is -4.00. The van der Waals surface area contributed by atoms with E-state index in [1.165, 1.54) is 30.3 Å². The van der Waals surface area contributed by atoms with Crippen LogP contribution < -0.4 is 15.4 Å². The van der Waals surface area contributed by atoms with Gasteiger partial charge in [0.1, 0.15) is 0 Å². The van der Waals surface area contributed by atoms with E-state index in [9.17, 15) is 18.0 Å². The Morgan fingerprint density at radius 2 is 1.34 bits per heavy atom. The third kappa shape index (κ3) is 5.33. The van der Waals surface area contributed by atoms with E-state index in [0.29, 0.717) is 11.4 Å². The molecule has 0 aromatic heterocycles. The van der Waals surface area contributed by atoms with E-state index >= 15 is 0 Å². The quantitative estimate of drug-likeness (QED) is 0.491. The van der Waals surface area contributed by atoms with Crippen molar-refractivity contribution in [2.24, 2.45) is 0 Å². The monoisotopic (exact) mass is 411 g/mol. The number of carbonyl (C=O) groups excluding carboxylic acids is 1. The number of anilines is 3. The number of sulfonamides is 1. The molecule has 0 aliphatic heterocycles. The number of carboxylic acid groups (broad SMARTS) is 1. The van der Waals surface area contributed by atoms with Crippen molar-refractivity contribution >= 4 is 39.1 Å². The second-order valence-corrected chi connectivity index (χ2v) is 7.65. The molecule has 0 aliphatic carbocycles. The SMILES string of the molecule is O=C(Nc1ccccc1)Nc1cccc(NS(=O)(=O)c2cccc(C(=O)O)c2)c1. The number of urea groups is 1. The van der Waals surface area contributed by atoms with Crippen LogP contribution >= 0.6 is 0 Å². The van der Waals surface area contributed by atoms with Gasteiger partial charge in [0, 0.05) is 11.4 Å². The van der Waals surface area contributed by atoms with Gasteiger partial charge in [0.25, 0.3) is 10.0 Å². The summed E-state index contributed by atoms with van der Waals surface area (Å²) in [6.45, 7) is 0. The molecule has 0 aliphatic rings. The van der Waals surface area contributed by atoms with E-state index in [0.717, 1.165) is 6.07 Å². The molecule has 9 heteroatoms. The van der Waals surface area contributed by atoms with Gasteiger partial charge in [0.05, 0.1) is 16.1 Å². The summed E-state index contributed by atoms with van der Waals surface area (Å²) in [5.74, 6) is -1.22. The van der Waals surface area contributed by atoms with Gasteiger partial charge >= 0.3 is 12.0 Å². The molecule has 0 bridgehead atoms. The smallest absolute Gasteiger partial charge is 0.335 e. The zero-order valence-electron chi connectivity index (χ0n) is 15.0. The Hall–Kier alpha value is -3.85. The van der Waals surface area contributed by atoms with Crippen molar-refractivity contribution in [2.75, 3.05) is 15.4 Å². The molecular formula is C20H17N3O5S. The van der Waals surface area contributed by atoms with Crippen molar-refractivity contribution in [3.8, 4) is 0 Å². The number of nitrogens with one attached hydrogen (secondary N) is 3. The van der Waals surface area contributed by atoms with Gasteiger partial charge in [-0.3, -0.25) is 4.72 Å². The fourth-order valence-electron chi connectivity index (χ4n) is 2.49. The summed E-state index contributed by atoms with van der Waals surface area (Å²) >= 11 is 0. The van der Waals surface area contributed by atoms with Crippen LogP contribution in [0.3, 0.4) is 0 Å². The van der Waals surface area contributed by atoms with Gasteiger partial charge in [-0.2, -0.15) is 0 Å². The summed E-state index contributed by atoms with van der Waals surface area (Å²) in [5.41, 5.74) is 1.06. The largest absolute Gasteiger partial charge is 0.478 e. The van der Waals surface area contributed by atoms with E-state index in [1.807, 2.05) is 6.07 Å². The summed E-state index contributed by atoms with van der Waals surface area (Å²) in [6, 6.07) is 19.5. The number of carbonyl (C=O) groups is 2. The van der Waals surface area contributed by atoms with Crippen LogP contribution in [0, 0.1) is 0 Å². The lowest BCUT2D eigenvalue weighted by Crippen LogP contribution is -2.19. The summed E-state index contributed by atoms with van der Waals surface area (Å²) in [6.07, 6.45) is 0. The molecule has 0 unspecified atom stereocenters. The van der Waals surface area contributed by atoms with E-state index in [-0.39, 0.29) is 16.1 Å². The molecule has 0 saturated carbocycles. The second-order valence-electron chi connectivity index (χ2n) is 5.96. The van der Waals surface area contributed by atoms with Gasteiger partial charge in [-0.15, -0.1) is 0 Å². The van der Waals surface area contributed by atoms with Crippen LogP contribution in [0.15, 0.2) is 83.8 Å². The van der Waals surface area contributed by atoms with Crippen molar-refractivity contribution in [3.05, 3.63) is 84.4 Å². The minimum Gasteiger partial charge on any atom is -0.478 e. The highest BCUT2D eigenvalue weighted by Crippen LogP contribution is 2.20. The maximum atomic E-state index is 12.5. The predicted octanol–water partition coefficient (Wildman–Crippen LogP) is 3.83. The molecule has 148 valence electrons. The highest BCUT2D eigenvalue weighted by Gasteiger charge is 2.16. The number of hydrogen-bond donors (Lipinski definition) is 4. The predicted molar refractivity (Wildman–Crippen MR) is 110 cm³/mol. The minimum atomic E-state index is -4.00. The number of aromatic carboxylic acids is 1. The van der Waals surface area contributed by atoms with Gasteiger partial charge in [0.15, 0.2) is 0 Å². The number of carboxylic acids is 1. The second kappa shape index (κ2) is 8.44. The average molecular weight is 411 g/mol. The van der Waals surface area contributed by atoms with Crippen molar-refractivity contribution < 1.29 is 23.1 Å².